The number of hydrogen-bond donors (Lipinski definition) is 2. The lowest BCUT2D eigenvalue weighted by atomic mass is 10.1. The standard InChI is InChI=1S/C16H19BrN2O2/c1-11(10-21-2)19-16(20)9-18-15-8-7-14(17)12-5-3-4-6-13(12)15/h3-8,11,18H,9-10H2,1-2H3,(H,19,20). The second-order valence-corrected chi connectivity index (χ2v) is 5.77. The number of nitrogens with one attached hydrogen (secondary N) is 2. The first-order chi connectivity index (χ1) is 10.1. The third kappa shape index (κ3) is 4.19. The molecule has 0 saturated carbocycles. The zero-order chi connectivity index (χ0) is 15.2. The topological polar surface area (TPSA) is 50.4 Å². The monoisotopic (exact) mass is 350 g/mol. The summed E-state index contributed by atoms with van der Waals surface area (Å²) >= 11 is 3.54. The molecule has 0 heterocycles. The SMILES string of the molecule is COCC(C)NC(=O)CNc1ccc(Br)c2ccccc12. The fourth-order valence-corrected chi connectivity index (χ4v) is 2.69. The molecule has 1 amide bonds. The van der Waals surface area contributed by atoms with Crippen LogP contribution in [0.5, 0.6) is 0 Å². The van der Waals surface area contributed by atoms with Gasteiger partial charge in [-0.25, -0.2) is 0 Å². The van der Waals surface area contributed by atoms with Crippen LogP contribution in [0.1, 0.15) is 6.92 Å². The molecule has 0 aromatic heterocycles. The van der Waals surface area contributed by atoms with E-state index in [9.17, 15) is 4.79 Å². The predicted octanol–water partition coefficient (Wildman–Crippen LogP) is 3.17. The van der Waals surface area contributed by atoms with E-state index in [4.69, 9.17) is 4.74 Å². The molecule has 2 rings (SSSR count). The molecule has 0 aliphatic rings. The molecule has 0 aliphatic heterocycles. The van der Waals surface area contributed by atoms with Crippen LogP contribution in [0.25, 0.3) is 10.8 Å². The Balaban J connectivity index is 2.04. The summed E-state index contributed by atoms with van der Waals surface area (Å²) in [5, 5.41) is 8.27. The molecule has 0 aliphatic carbocycles. The van der Waals surface area contributed by atoms with E-state index in [1.54, 1.807) is 7.11 Å². The summed E-state index contributed by atoms with van der Waals surface area (Å²) in [4.78, 5) is 11.9. The van der Waals surface area contributed by atoms with Crippen LogP contribution in [0, 0.1) is 0 Å². The Hall–Kier alpha value is -1.59. The van der Waals surface area contributed by atoms with Gasteiger partial charge in [-0.15, -0.1) is 0 Å². The van der Waals surface area contributed by atoms with E-state index in [2.05, 4.69) is 26.6 Å². The molecular weight excluding hydrogens is 332 g/mol. The number of hydrogen-bond acceptors (Lipinski definition) is 3. The van der Waals surface area contributed by atoms with Crippen molar-refractivity contribution < 1.29 is 9.53 Å². The highest BCUT2D eigenvalue weighted by atomic mass is 79.9. The molecule has 0 fully saturated rings. The molecule has 112 valence electrons. The molecule has 21 heavy (non-hydrogen) atoms. The Morgan fingerprint density at radius 1 is 1.24 bits per heavy atom. The van der Waals surface area contributed by atoms with E-state index in [-0.39, 0.29) is 18.5 Å². The van der Waals surface area contributed by atoms with Crippen molar-refractivity contribution in [2.75, 3.05) is 25.6 Å². The van der Waals surface area contributed by atoms with E-state index in [0.29, 0.717) is 6.61 Å². The van der Waals surface area contributed by atoms with Crippen molar-refractivity contribution in [1.82, 2.24) is 5.32 Å². The van der Waals surface area contributed by atoms with E-state index in [1.165, 1.54) is 0 Å². The van der Waals surface area contributed by atoms with Crippen molar-refractivity contribution >= 4 is 38.3 Å². The van der Waals surface area contributed by atoms with Crippen molar-refractivity contribution in [1.29, 1.82) is 0 Å². The zero-order valence-corrected chi connectivity index (χ0v) is 13.7. The number of rotatable bonds is 6. The molecule has 4 nitrogen and oxygen atoms in total. The van der Waals surface area contributed by atoms with Crippen LogP contribution in [-0.4, -0.2) is 32.2 Å². The summed E-state index contributed by atoms with van der Waals surface area (Å²) in [6, 6.07) is 12.0. The molecule has 0 saturated heterocycles. The van der Waals surface area contributed by atoms with Gasteiger partial charge in [0.15, 0.2) is 0 Å². The smallest absolute Gasteiger partial charge is 0.239 e. The van der Waals surface area contributed by atoms with Crippen LogP contribution in [0.15, 0.2) is 40.9 Å². The summed E-state index contributed by atoms with van der Waals surface area (Å²) in [5.41, 5.74) is 0.948. The molecule has 2 aromatic carbocycles. The normalized spacial score (nSPS) is 12.1. The quantitative estimate of drug-likeness (QED) is 0.841. The van der Waals surface area contributed by atoms with Crippen LogP contribution in [-0.2, 0) is 9.53 Å². The second kappa shape index (κ2) is 7.43. The fourth-order valence-electron chi connectivity index (χ4n) is 2.21. The van der Waals surface area contributed by atoms with Crippen molar-refractivity contribution in [3.63, 3.8) is 0 Å². The first kappa shape index (κ1) is 15.8. The number of methoxy groups -OCH3 is 1. The summed E-state index contributed by atoms with van der Waals surface area (Å²) in [6.07, 6.45) is 0. The van der Waals surface area contributed by atoms with Crippen molar-refractivity contribution in [2.24, 2.45) is 0 Å². The maximum absolute atomic E-state index is 11.9. The maximum atomic E-state index is 11.9. The summed E-state index contributed by atoms with van der Waals surface area (Å²) < 4.78 is 6.04. The number of carbonyl (C=O) groups excluding carboxylic acids is 1. The Morgan fingerprint density at radius 2 is 1.95 bits per heavy atom. The third-order valence-electron chi connectivity index (χ3n) is 3.13. The Morgan fingerprint density at radius 3 is 2.67 bits per heavy atom. The molecule has 2 aromatic rings. The van der Waals surface area contributed by atoms with Gasteiger partial charge in [-0.05, 0) is 24.4 Å². The van der Waals surface area contributed by atoms with Gasteiger partial charge in [0.05, 0.1) is 13.2 Å². The number of ether oxygens (including phenoxy) is 1. The van der Waals surface area contributed by atoms with Crippen molar-refractivity contribution in [3.8, 4) is 0 Å². The lowest BCUT2D eigenvalue weighted by Gasteiger charge is -2.14. The highest BCUT2D eigenvalue weighted by Crippen LogP contribution is 2.29. The van der Waals surface area contributed by atoms with Gasteiger partial charge in [-0.3, -0.25) is 4.79 Å². The zero-order valence-electron chi connectivity index (χ0n) is 12.2. The largest absolute Gasteiger partial charge is 0.383 e. The van der Waals surface area contributed by atoms with Gasteiger partial charge in [0.1, 0.15) is 0 Å². The second-order valence-electron chi connectivity index (χ2n) is 4.92. The van der Waals surface area contributed by atoms with E-state index in [0.717, 1.165) is 20.9 Å². The predicted molar refractivity (Wildman–Crippen MR) is 89.6 cm³/mol. The van der Waals surface area contributed by atoms with Crippen molar-refractivity contribution in [3.05, 3.63) is 40.9 Å². The highest BCUT2D eigenvalue weighted by molar-refractivity contribution is 9.10. The lowest BCUT2D eigenvalue weighted by molar-refractivity contribution is -0.120. The van der Waals surface area contributed by atoms with E-state index < -0.39 is 0 Å². The Bertz CT molecular complexity index is 631. The van der Waals surface area contributed by atoms with Gasteiger partial charge in [0.25, 0.3) is 0 Å². The van der Waals surface area contributed by atoms with Crippen LogP contribution >= 0.6 is 15.9 Å². The minimum Gasteiger partial charge on any atom is -0.383 e. The van der Waals surface area contributed by atoms with Crippen LogP contribution in [0.4, 0.5) is 5.69 Å². The molecule has 5 heteroatoms. The maximum Gasteiger partial charge on any atom is 0.239 e. The average Bonchev–Trinajstić information content (AvgIpc) is 2.47. The van der Waals surface area contributed by atoms with Crippen LogP contribution in [0.3, 0.4) is 0 Å². The molecule has 1 atom stereocenters. The molecule has 2 N–H and O–H groups in total. The van der Waals surface area contributed by atoms with E-state index >= 15 is 0 Å². The number of halogens is 1. The van der Waals surface area contributed by atoms with Crippen LogP contribution in [0.2, 0.25) is 0 Å². The van der Waals surface area contributed by atoms with E-state index in [1.807, 2.05) is 43.3 Å². The third-order valence-corrected chi connectivity index (χ3v) is 3.83. The molecule has 0 radical (unpaired) electrons. The first-order valence-corrected chi connectivity index (χ1v) is 7.60. The van der Waals surface area contributed by atoms with Gasteiger partial charge in [0, 0.05) is 28.7 Å². The van der Waals surface area contributed by atoms with Gasteiger partial charge in [-0.1, -0.05) is 40.2 Å². The van der Waals surface area contributed by atoms with Gasteiger partial charge < -0.3 is 15.4 Å². The minimum atomic E-state index is -0.0495. The van der Waals surface area contributed by atoms with Gasteiger partial charge in [-0.2, -0.15) is 0 Å². The molecule has 1 unspecified atom stereocenters. The molecule has 0 bridgehead atoms. The Labute approximate surface area is 133 Å². The molecular formula is C16H19BrN2O2. The number of carbonyl (C=O) groups is 1. The number of anilines is 1. The Kier molecular flexibility index (Phi) is 5.59. The summed E-state index contributed by atoms with van der Waals surface area (Å²) in [7, 11) is 1.62. The number of amides is 1. The van der Waals surface area contributed by atoms with Gasteiger partial charge in [0.2, 0.25) is 5.91 Å². The average molecular weight is 351 g/mol. The van der Waals surface area contributed by atoms with Crippen molar-refractivity contribution in [2.45, 2.75) is 13.0 Å². The lowest BCUT2D eigenvalue weighted by Crippen LogP contribution is -2.39. The number of benzene rings is 2. The molecule has 0 spiro atoms. The van der Waals surface area contributed by atoms with Crippen LogP contribution < -0.4 is 10.6 Å². The minimum absolute atomic E-state index is 0.00552. The summed E-state index contributed by atoms with van der Waals surface area (Å²) in [6.45, 7) is 2.66. The van der Waals surface area contributed by atoms with Gasteiger partial charge >= 0.3 is 0 Å². The number of fused-ring (bicyclic) bond motifs is 1. The first-order valence-electron chi connectivity index (χ1n) is 6.81. The highest BCUT2D eigenvalue weighted by Gasteiger charge is 2.08. The summed E-state index contributed by atoms with van der Waals surface area (Å²) in [5.74, 6) is -0.0495. The fraction of sp³-hybridized carbons (Fsp3) is 0.312.